The molecule has 6 rings (SSSR count). The van der Waals surface area contributed by atoms with Crippen LogP contribution in [0.4, 0.5) is 14.7 Å². The summed E-state index contributed by atoms with van der Waals surface area (Å²) in [4.78, 5) is 28.4. The number of morpholine rings is 1. The molecule has 2 saturated carbocycles. The fourth-order valence-corrected chi connectivity index (χ4v) is 6.09. The van der Waals surface area contributed by atoms with Gasteiger partial charge in [-0.15, -0.1) is 0 Å². The quantitative estimate of drug-likeness (QED) is 0.440. The number of fused-ring (bicyclic) bond motifs is 1. The normalized spacial score (nSPS) is 22.5. The lowest BCUT2D eigenvalue weighted by atomic mass is 9.86. The standard InChI is InChI=1S/C29H36F2N6O3/c30-26(31)27-33-22-8-4-5-9-23(22)37(27)24-18-25(35-29(34-24)36-14-16-39-17-15-36)40-21-12-10-19(11-13-21)28(38)32-20-6-2-1-3-7-20/h4-5,8-9,18-21,26H,1-3,6-7,10-17H2,(H,32,38)/t19-,21-. The van der Waals surface area contributed by atoms with Crippen LogP contribution in [0.1, 0.15) is 70.0 Å². The molecule has 1 N–H and O–H groups in total. The van der Waals surface area contributed by atoms with Gasteiger partial charge in [-0.1, -0.05) is 31.4 Å². The monoisotopic (exact) mass is 554 g/mol. The lowest BCUT2D eigenvalue weighted by Gasteiger charge is -2.31. The molecule has 1 aromatic carbocycles. The summed E-state index contributed by atoms with van der Waals surface area (Å²) in [7, 11) is 0. The number of nitrogens with one attached hydrogen (secondary N) is 1. The third-order valence-electron chi connectivity index (χ3n) is 8.27. The summed E-state index contributed by atoms with van der Waals surface area (Å²) in [5, 5.41) is 3.26. The van der Waals surface area contributed by atoms with Gasteiger partial charge in [-0.25, -0.2) is 13.8 Å². The molecular formula is C29H36F2N6O3. The predicted molar refractivity (Wildman–Crippen MR) is 146 cm³/mol. The van der Waals surface area contributed by atoms with Crippen molar-refractivity contribution in [3.8, 4) is 11.7 Å². The molecule has 40 heavy (non-hydrogen) atoms. The van der Waals surface area contributed by atoms with Crippen LogP contribution in [0.2, 0.25) is 0 Å². The smallest absolute Gasteiger partial charge is 0.296 e. The first-order valence-electron chi connectivity index (χ1n) is 14.5. The summed E-state index contributed by atoms with van der Waals surface area (Å²) in [6, 6.07) is 8.96. The highest BCUT2D eigenvalue weighted by atomic mass is 19.3. The number of aromatic nitrogens is 4. The second-order valence-corrected chi connectivity index (χ2v) is 11.0. The van der Waals surface area contributed by atoms with Crippen LogP contribution in [0, 0.1) is 5.92 Å². The first kappa shape index (κ1) is 26.9. The Morgan fingerprint density at radius 2 is 1.73 bits per heavy atom. The van der Waals surface area contributed by atoms with E-state index in [1.807, 2.05) is 4.90 Å². The Hall–Kier alpha value is -3.34. The Balaban J connectivity index is 1.22. The van der Waals surface area contributed by atoms with Crippen LogP contribution in [0.3, 0.4) is 0 Å². The van der Waals surface area contributed by atoms with Crippen molar-refractivity contribution in [3.05, 3.63) is 36.2 Å². The summed E-state index contributed by atoms with van der Waals surface area (Å²) < 4.78 is 41.5. The van der Waals surface area contributed by atoms with Crippen LogP contribution < -0.4 is 15.0 Å². The van der Waals surface area contributed by atoms with Gasteiger partial charge in [0.2, 0.25) is 17.7 Å². The zero-order valence-corrected chi connectivity index (χ0v) is 22.6. The van der Waals surface area contributed by atoms with Gasteiger partial charge < -0.3 is 19.7 Å². The first-order valence-corrected chi connectivity index (χ1v) is 14.5. The Labute approximate surface area is 232 Å². The van der Waals surface area contributed by atoms with Crippen LogP contribution in [-0.4, -0.2) is 63.9 Å². The second-order valence-electron chi connectivity index (χ2n) is 11.0. The fraction of sp³-hybridized carbons (Fsp3) is 0.586. The van der Waals surface area contributed by atoms with E-state index >= 15 is 0 Å². The summed E-state index contributed by atoms with van der Waals surface area (Å²) in [5.74, 6) is 0.821. The van der Waals surface area contributed by atoms with Crippen molar-refractivity contribution in [2.45, 2.75) is 76.4 Å². The lowest BCUT2D eigenvalue weighted by molar-refractivity contribution is -0.127. The largest absolute Gasteiger partial charge is 0.474 e. The van der Waals surface area contributed by atoms with Crippen molar-refractivity contribution in [3.63, 3.8) is 0 Å². The molecule has 1 amide bonds. The maximum Gasteiger partial charge on any atom is 0.296 e. The van der Waals surface area contributed by atoms with E-state index in [1.54, 1.807) is 30.3 Å². The molecule has 214 valence electrons. The third kappa shape index (κ3) is 5.89. The van der Waals surface area contributed by atoms with Crippen molar-refractivity contribution >= 4 is 22.9 Å². The van der Waals surface area contributed by atoms with E-state index in [2.05, 4.69) is 15.3 Å². The number of halogens is 2. The molecule has 11 heteroatoms. The summed E-state index contributed by atoms with van der Waals surface area (Å²) >= 11 is 0. The summed E-state index contributed by atoms with van der Waals surface area (Å²) in [5.41, 5.74) is 1.01. The van der Waals surface area contributed by atoms with Gasteiger partial charge in [-0.05, 0) is 50.7 Å². The molecule has 0 unspecified atom stereocenters. The number of hydrogen-bond acceptors (Lipinski definition) is 7. The zero-order chi connectivity index (χ0) is 27.5. The lowest BCUT2D eigenvalue weighted by Crippen LogP contribution is -2.41. The number of para-hydroxylation sites is 2. The van der Waals surface area contributed by atoms with E-state index in [0.717, 1.165) is 38.5 Å². The van der Waals surface area contributed by atoms with Gasteiger partial charge in [-0.2, -0.15) is 9.97 Å². The minimum atomic E-state index is -2.78. The van der Waals surface area contributed by atoms with Gasteiger partial charge in [-0.3, -0.25) is 9.36 Å². The molecule has 3 heterocycles. The third-order valence-corrected chi connectivity index (χ3v) is 8.27. The van der Waals surface area contributed by atoms with Gasteiger partial charge >= 0.3 is 0 Å². The molecule has 3 fully saturated rings. The van der Waals surface area contributed by atoms with E-state index in [9.17, 15) is 13.6 Å². The number of imidazole rings is 1. The van der Waals surface area contributed by atoms with Gasteiger partial charge in [0.15, 0.2) is 5.82 Å². The molecule has 1 aliphatic heterocycles. The van der Waals surface area contributed by atoms with Crippen molar-refractivity contribution in [1.29, 1.82) is 0 Å². The van der Waals surface area contributed by atoms with Crippen molar-refractivity contribution in [2.75, 3.05) is 31.2 Å². The average molecular weight is 555 g/mol. The molecular weight excluding hydrogens is 518 g/mol. The van der Waals surface area contributed by atoms with Gasteiger partial charge in [0.25, 0.3) is 6.43 Å². The molecule has 0 bridgehead atoms. The number of carbonyl (C=O) groups excluding carboxylic acids is 1. The van der Waals surface area contributed by atoms with E-state index in [0.29, 0.717) is 55.2 Å². The highest BCUT2D eigenvalue weighted by molar-refractivity contribution is 5.79. The number of ether oxygens (including phenoxy) is 2. The first-order chi connectivity index (χ1) is 19.5. The Morgan fingerprint density at radius 1 is 0.975 bits per heavy atom. The van der Waals surface area contributed by atoms with E-state index in [4.69, 9.17) is 14.5 Å². The van der Waals surface area contributed by atoms with Crippen molar-refractivity contribution < 1.29 is 23.0 Å². The SMILES string of the molecule is O=C(NC1CCCCC1)[C@H]1CC[C@H](Oc2cc(-n3c(C(F)F)nc4ccccc43)nc(N3CCOCC3)n2)CC1. The molecule has 2 aliphatic carbocycles. The molecule has 3 aliphatic rings. The van der Waals surface area contributed by atoms with Crippen molar-refractivity contribution in [1.82, 2.24) is 24.8 Å². The Bertz CT molecular complexity index is 1310. The number of anilines is 1. The second kappa shape index (κ2) is 12.0. The average Bonchev–Trinajstić information content (AvgIpc) is 3.39. The number of benzene rings is 1. The molecule has 9 nitrogen and oxygen atoms in total. The van der Waals surface area contributed by atoms with Crippen LogP contribution in [0.15, 0.2) is 30.3 Å². The number of amides is 1. The maximum atomic E-state index is 14.1. The van der Waals surface area contributed by atoms with Gasteiger partial charge in [0, 0.05) is 31.1 Å². The molecule has 0 radical (unpaired) electrons. The topological polar surface area (TPSA) is 94.4 Å². The van der Waals surface area contributed by atoms with E-state index < -0.39 is 6.43 Å². The fourth-order valence-electron chi connectivity index (χ4n) is 6.09. The van der Waals surface area contributed by atoms with Crippen molar-refractivity contribution in [2.24, 2.45) is 5.92 Å². The zero-order valence-electron chi connectivity index (χ0n) is 22.6. The predicted octanol–water partition coefficient (Wildman–Crippen LogP) is 4.98. The summed E-state index contributed by atoms with van der Waals surface area (Å²) in [6.07, 6.45) is 5.83. The van der Waals surface area contributed by atoms with Crippen LogP contribution >= 0.6 is 0 Å². The highest BCUT2D eigenvalue weighted by Crippen LogP contribution is 2.32. The molecule has 0 spiro atoms. The summed E-state index contributed by atoms with van der Waals surface area (Å²) in [6.45, 7) is 2.26. The molecule has 0 atom stereocenters. The molecule has 2 aromatic heterocycles. The van der Waals surface area contributed by atoms with Crippen LogP contribution in [-0.2, 0) is 9.53 Å². The molecule has 1 saturated heterocycles. The minimum absolute atomic E-state index is 0.00226. The minimum Gasteiger partial charge on any atom is -0.474 e. The van der Waals surface area contributed by atoms with Gasteiger partial charge in [0.05, 0.1) is 24.2 Å². The Kier molecular flexibility index (Phi) is 8.08. The van der Waals surface area contributed by atoms with Crippen LogP contribution in [0.25, 0.3) is 16.9 Å². The van der Waals surface area contributed by atoms with Gasteiger partial charge in [0.1, 0.15) is 11.9 Å². The van der Waals surface area contributed by atoms with Crippen LogP contribution in [0.5, 0.6) is 5.88 Å². The number of hydrogen-bond donors (Lipinski definition) is 1. The maximum absolute atomic E-state index is 14.1. The number of nitrogens with zero attached hydrogens (tertiary/aromatic N) is 5. The number of carbonyl (C=O) groups is 1. The number of rotatable bonds is 7. The number of alkyl halides is 2. The van der Waals surface area contributed by atoms with E-state index in [1.165, 1.54) is 23.8 Å². The molecule has 3 aromatic rings. The van der Waals surface area contributed by atoms with E-state index in [-0.39, 0.29) is 29.6 Å². The Morgan fingerprint density at radius 3 is 2.48 bits per heavy atom. The highest BCUT2D eigenvalue weighted by Gasteiger charge is 2.30.